The van der Waals surface area contributed by atoms with Crippen molar-refractivity contribution in [3.8, 4) is 0 Å². The number of hydrogen-bond acceptors (Lipinski definition) is 4. The van der Waals surface area contributed by atoms with Crippen molar-refractivity contribution in [2.24, 2.45) is 0 Å². The van der Waals surface area contributed by atoms with Crippen molar-refractivity contribution in [3.63, 3.8) is 0 Å². The molecule has 5 nitrogen and oxygen atoms in total. The molecule has 17 heavy (non-hydrogen) atoms. The Morgan fingerprint density at radius 2 is 1.94 bits per heavy atom. The topological polar surface area (TPSA) is 86.3 Å². The molecule has 1 atom stereocenters. The molecule has 0 aliphatic carbocycles. The lowest BCUT2D eigenvalue weighted by atomic mass is 10.2. The molecule has 1 N–H and O–H groups in total. The van der Waals surface area contributed by atoms with E-state index in [1.807, 2.05) is 0 Å². The highest BCUT2D eigenvalue weighted by atomic mass is 79.9. The molecular weight excluding hydrogens is 310 g/mol. The quantitative estimate of drug-likeness (QED) is 0.843. The fraction of sp³-hybridized carbons (Fsp3) is 0.300. The van der Waals surface area contributed by atoms with Crippen LogP contribution < -0.4 is 9.83 Å². The SMILES string of the molecule is CC[C@@H](NS(=O)(=O)c1ccc(Br)cc1)C(=O)[O-]. The Morgan fingerprint density at radius 1 is 1.41 bits per heavy atom. The predicted octanol–water partition coefficient (Wildman–Crippen LogP) is 0.256. The number of carbonyl (C=O) groups is 1. The Labute approximate surface area is 108 Å². The summed E-state index contributed by atoms with van der Waals surface area (Å²) in [6, 6.07) is 4.68. The maximum atomic E-state index is 11.8. The van der Waals surface area contributed by atoms with Crippen LogP contribution in [0.5, 0.6) is 0 Å². The average molecular weight is 321 g/mol. The summed E-state index contributed by atoms with van der Waals surface area (Å²) >= 11 is 3.18. The second-order valence-electron chi connectivity index (χ2n) is 3.36. The number of carbonyl (C=O) groups excluding carboxylic acids is 1. The van der Waals surface area contributed by atoms with Crippen molar-refractivity contribution in [1.82, 2.24) is 4.72 Å². The smallest absolute Gasteiger partial charge is 0.241 e. The summed E-state index contributed by atoms with van der Waals surface area (Å²) in [5.74, 6) is -1.44. The molecule has 0 aromatic heterocycles. The lowest BCUT2D eigenvalue weighted by Crippen LogP contribution is -2.47. The number of rotatable bonds is 5. The van der Waals surface area contributed by atoms with Gasteiger partial charge in [0, 0.05) is 4.47 Å². The van der Waals surface area contributed by atoms with E-state index in [1.165, 1.54) is 12.1 Å². The molecule has 0 radical (unpaired) electrons. The Kier molecular flexibility index (Phi) is 4.67. The summed E-state index contributed by atoms with van der Waals surface area (Å²) in [4.78, 5) is 10.7. The number of carboxylic acid groups (broad SMARTS) is 1. The summed E-state index contributed by atoms with van der Waals surface area (Å²) < 4.78 is 26.4. The van der Waals surface area contributed by atoms with Crippen molar-refractivity contribution in [2.45, 2.75) is 24.3 Å². The Morgan fingerprint density at radius 3 is 2.35 bits per heavy atom. The third-order valence-electron chi connectivity index (χ3n) is 2.11. The van der Waals surface area contributed by atoms with E-state index in [0.29, 0.717) is 0 Å². The van der Waals surface area contributed by atoms with Crippen LogP contribution in [0, 0.1) is 0 Å². The zero-order chi connectivity index (χ0) is 13.1. The standard InChI is InChI=1S/C10H12BrNO4S/c1-2-9(10(13)14)12-17(15,16)8-5-3-7(11)4-6-8/h3-6,9,12H,2H2,1H3,(H,13,14)/p-1/t9-/m1/s1. The van der Waals surface area contributed by atoms with Crippen LogP contribution in [0.15, 0.2) is 33.6 Å². The first kappa shape index (κ1) is 14.1. The largest absolute Gasteiger partial charge is 0.548 e. The second-order valence-corrected chi connectivity index (χ2v) is 5.98. The van der Waals surface area contributed by atoms with Gasteiger partial charge in [-0.05, 0) is 30.7 Å². The molecule has 0 spiro atoms. The molecule has 1 aromatic rings. The van der Waals surface area contributed by atoms with E-state index >= 15 is 0 Å². The van der Waals surface area contributed by atoms with Gasteiger partial charge in [-0.15, -0.1) is 0 Å². The summed E-state index contributed by atoms with van der Waals surface area (Å²) in [6.07, 6.45) is 0.123. The number of halogens is 1. The van der Waals surface area contributed by atoms with Gasteiger partial charge in [0.2, 0.25) is 10.0 Å². The molecule has 0 bridgehead atoms. The average Bonchev–Trinajstić information content (AvgIpc) is 2.26. The van der Waals surface area contributed by atoms with Gasteiger partial charge in [-0.2, -0.15) is 0 Å². The zero-order valence-corrected chi connectivity index (χ0v) is 11.4. The highest BCUT2D eigenvalue weighted by Crippen LogP contribution is 2.15. The van der Waals surface area contributed by atoms with Gasteiger partial charge in [0.05, 0.1) is 16.9 Å². The monoisotopic (exact) mass is 320 g/mol. The van der Waals surface area contributed by atoms with Crippen LogP contribution in [0.2, 0.25) is 0 Å². The molecule has 0 aliphatic rings. The molecule has 1 aromatic carbocycles. The van der Waals surface area contributed by atoms with Crippen LogP contribution in [-0.2, 0) is 14.8 Å². The van der Waals surface area contributed by atoms with Crippen molar-refractivity contribution in [1.29, 1.82) is 0 Å². The van der Waals surface area contributed by atoms with Gasteiger partial charge in [-0.1, -0.05) is 22.9 Å². The lowest BCUT2D eigenvalue weighted by Gasteiger charge is -2.17. The fourth-order valence-electron chi connectivity index (χ4n) is 1.17. The van der Waals surface area contributed by atoms with E-state index in [4.69, 9.17) is 0 Å². The van der Waals surface area contributed by atoms with Crippen molar-refractivity contribution >= 4 is 31.9 Å². The minimum Gasteiger partial charge on any atom is -0.548 e. The number of benzene rings is 1. The molecule has 0 saturated carbocycles. The minimum atomic E-state index is -3.83. The summed E-state index contributed by atoms with van der Waals surface area (Å²) in [7, 11) is -3.83. The first-order chi connectivity index (χ1) is 7.86. The molecule has 7 heteroatoms. The van der Waals surface area contributed by atoms with Gasteiger partial charge < -0.3 is 9.90 Å². The number of sulfonamides is 1. The summed E-state index contributed by atoms with van der Waals surface area (Å²) in [6.45, 7) is 1.56. The van der Waals surface area contributed by atoms with E-state index in [2.05, 4.69) is 20.7 Å². The van der Waals surface area contributed by atoms with Crippen LogP contribution in [0.3, 0.4) is 0 Å². The van der Waals surface area contributed by atoms with Gasteiger partial charge >= 0.3 is 0 Å². The normalized spacial score (nSPS) is 13.3. The number of nitrogens with one attached hydrogen (secondary N) is 1. The van der Waals surface area contributed by atoms with Crippen molar-refractivity contribution in [3.05, 3.63) is 28.7 Å². The third kappa shape index (κ3) is 3.79. The fourth-order valence-corrected chi connectivity index (χ4v) is 2.70. The van der Waals surface area contributed by atoms with Crippen LogP contribution in [0.25, 0.3) is 0 Å². The Hall–Kier alpha value is -0.920. The van der Waals surface area contributed by atoms with Gasteiger partial charge in [0.1, 0.15) is 0 Å². The van der Waals surface area contributed by atoms with Crippen molar-refractivity contribution in [2.75, 3.05) is 0 Å². The van der Waals surface area contributed by atoms with Gasteiger partial charge in [0.25, 0.3) is 0 Å². The van der Waals surface area contributed by atoms with Crippen molar-refractivity contribution < 1.29 is 18.3 Å². The first-order valence-electron chi connectivity index (χ1n) is 4.85. The number of carboxylic acids is 1. The molecule has 0 aliphatic heterocycles. The van der Waals surface area contributed by atoms with E-state index in [-0.39, 0.29) is 11.3 Å². The minimum absolute atomic E-state index is 0.0143. The van der Waals surface area contributed by atoms with Crippen LogP contribution >= 0.6 is 15.9 Å². The number of hydrogen-bond donors (Lipinski definition) is 1. The maximum Gasteiger partial charge on any atom is 0.241 e. The summed E-state index contributed by atoms with van der Waals surface area (Å²) in [5.41, 5.74) is 0. The Bertz CT molecular complexity index is 498. The van der Waals surface area contributed by atoms with Gasteiger partial charge in [-0.25, -0.2) is 13.1 Å². The Balaban J connectivity index is 2.96. The maximum absolute atomic E-state index is 11.8. The molecule has 0 amide bonds. The zero-order valence-electron chi connectivity index (χ0n) is 9.01. The highest BCUT2D eigenvalue weighted by molar-refractivity contribution is 9.10. The third-order valence-corrected chi connectivity index (χ3v) is 4.13. The summed E-state index contributed by atoms with van der Waals surface area (Å²) in [5, 5.41) is 10.6. The molecule has 0 saturated heterocycles. The van der Waals surface area contributed by atoms with Crippen LogP contribution in [0.4, 0.5) is 0 Å². The lowest BCUT2D eigenvalue weighted by molar-refractivity contribution is -0.308. The molecule has 0 fully saturated rings. The van der Waals surface area contributed by atoms with Gasteiger partial charge in [0.15, 0.2) is 0 Å². The number of aliphatic carboxylic acids is 1. The van der Waals surface area contributed by atoms with E-state index in [9.17, 15) is 18.3 Å². The van der Waals surface area contributed by atoms with E-state index in [0.717, 1.165) is 4.47 Å². The molecular formula is C10H11BrNO4S-. The molecule has 0 unspecified atom stereocenters. The highest BCUT2D eigenvalue weighted by Gasteiger charge is 2.19. The van der Waals surface area contributed by atoms with Crippen LogP contribution in [0.1, 0.15) is 13.3 Å². The molecule has 0 heterocycles. The van der Waals surface area contributed by atoms with Crippen LogP contribution in [-0.4, -0.2) is 20.4 Å². The van der Waals surface area contributed by atoms with E-state index in [1.54, 1.807) is 19.1 Å². The first-order valence-corrected chi connectivity index (χ1v) is 7.13. The molecule has 94 valence electrons. The van der Waals surface area contributed by atoms with E-state index < -0.39 is 22.0 Å². The predicted molar refractivity (Wildman–Crippen MR) is 63.5 cm³/mol. The second kappa shape index (κ2) is 5.61. The molecule has 1 rings (SSSR count). The van der Waals surface area contributed by atoms with Gasteiger partial charge in [-0.3, -0.25) is 0 Å².